The van der Waals surface area contributed by atoms with Gasteiger partial charge < -0.3 is 9.80 Å². The molecule has 0 aromatic heterocycles. The second-order valence-corrected chi connectivity index (χ2v) is 7.60. The Morgan fingerprint density at radius 2 is 1.77 bits per heavy atom. The first-order chi connectivity index (χ1) is 10.5. The second-order valence-electron chi connectivity index (χ2n) is 7.60. The Balaban J connectivity index is 1.89. The van der Waals surface area contributed by atoms with Gasteiger partial charge in [0.05, 0.1) is 6.04 Å². The van der Waals surface area contributed by atoms with Gasteiger partial charge >= 0.3 is 0 Å². The molecule has 4 heteroatoms. The fraction of sp³-hybridized carbons (Fsp3) is 0.944. The highest BCUT2D eigenvalue weighted by atomic mass is 16.2. The van der Waals surface area contributed by atoms with Gasteiger partial charge in [0.15, 0.2) is 0 Å². The summed E-state index contributed by atoms with van der Waals surface area (Å²) >= 11 is 0. The van der Waals surface area contributed by atoms with Crippen molar-refractivity contribution in [2.24, 2.45) is 11.8 Å². The average molecular weight is 309 g/mol. The van der Waals surface area contributed by atoms with Crippen LogP contribution in [0, 0.1) is 11.8 Å². The Hall–Kier alpha value is -0.610. The first kappa shape index (κ1) is 17.7. The molecule has 0 N–H and O–H groups in total. The van der Waals surface area contributed by atoms with E-state index in [0.29, 0.717) is 17.7 Å². The maximum absolute atomic E-state index is 12.9. The van der Waals surface area contributed by atoms with Crippen LogP contribution in [0.25, 0.3) is 0 Å². The molecule has 2 rings (SSSR count). The van der Waals surface area contributed by atoms with Gasteiger partial charge in [0.1, 0.15) is 0 Å². The monoisotopic (exact) mass is 309 g/mol. The third-order valence-electron chi connectivity index (χ3n) is 5.25. The lowest BCUT2D eigenvalue weighted by molar-refractivity contribution is -0.139. The van der Waals surface area contributed by atoms with Crippen LogP contribution >= 0.6 is 0 Å². The van der Waals surface area contributed by atoms with E-state index in [4.69, 9.17) is 0 Å². The number of nitrogens with zero attached hydrogens (tertiary/aromatic N) is 3. The molecule has 0 bridgehead atoms. The zero-order chi connectivity index (χ0) is 16.1. The number of carbonyl (C=O) groups excluding carboxylic acids is 1. The third-order valence-corrected chi connectivity index (χ3v) is 5.25. The highest BCUT2D eigenvalue weighted by Crippen LogP contribution is 2.22. The molecule has 2 aliphatic heterocycles. The molecule has 0 aliphatic carbocycles. The lowest BCUT2D eigenvalue weighted by Gasteiger charge is -2.38. The van der Waals surface area contributed by atoms with E-state index in [2.05, 4.69) is 42.4 Å². The van der Waals surface area contributed by atoms with Gasteiger partial charge in [0.2, 0.25) is 5.91 Å². The van der Waals surface area contributed by atoms with Crippen molar-refractivity contribution >= 4 is 5.91 Å². The Kier molecular flexibility index (Phi) is 6.69. The standard InChI is InChI=1S/C18H35N3O/c1-5-7-19-8-6-9-20(11-10-19)17(4)18(22)21-13-15(2)12-16(3)14-21/h15-17H,5-14H2,1-4H3/t15-,16+,17-/m1/s1. The van der Waals surface area contributed by atoms with Crippen LogP contribution in [0.5, 0.6) is 0 Å². The zero-order valence-corrected chi connectivity index (χ0v) is 15.1. The van der Waals surface area contributed by atoms with Crippen LogP contribution in [-0.4, -0.2) is 72.5 Å². The minimum atomic E-state index is 0.0408. The molecule has 4 nitrogen and oxygen atoms in total. The van der Waals surface area contributed by atoms with Crippen LogP contribution in [0.2, 0.25) is 0 Å². The van der Waals surface area contributed by atoms with Gasteiger partial charge in [-0.25, -0.2) is 0 Å². The number of piperidine rings is 1. The second kappa shape index (κ2) is 8.30. The van der Waals surface area contributed by atoms with Gasteiger partial charge in [-0.05, 0) is 51.1 Å². The maximum Gasteiger partial charge on any atom is 0.239 e. The van der Waals surface area contributed by atoms with Crippen molar-refractivity contribution in [3.05, 3.63) is 0 Å². The first-order valence-corrected chi connectivity index (χ1v) is 9.26. The van der Waals surface area contributed by atoms with Crippen LogP contribution in [0.15, 0.2) is 0 Å². The number of hydrogen-bond donors (Lipinski definition) is 0. The van der Waals surface area contributed by atoms with E-state index in [-0.39, 0.29) is 6.04 Å². The Morgan fingerprint density at radius 1 is 1.09 bits per heavy atom. The molecule has 2 fully saturated rings. The number of amides is 1. The predicted molar refractivity (Wildman–Crippen MR) is 91.9 cm³/mol. The first-order valence-electron chi connectivity index (χ1n) is 9.26. The predicted octanol–water partition coefficient (Wildman–Crippen LogP) is 2.30. The van der Waals surface area contributed by atoms with E-state index >= 15 is 0 Å². The number of carbonyl (C=O) groups is 1. The zero-order valence-electron chi connectivity index (χ0n) is 15.1. The maximum atomic E-state index is 12.9. The molecule has 3 atom stereocenters. The summed E-state index contributed by atoms with van der Waals surface area (Å²) in [6.07, 6.45) is 3.66. The van der Waals surface area contributed by atoms with Crippen molar-refractivity contribution < 1.29 is 4.79 Å². The smallest absolute Gasteiger partial charge is 0.239 e. The summed E-state index contributed by atoms with van der Waals surface area (Å²) in [6.45, 7) is 16.4. The van der Waals surface area contributed by atoms with Gasteiger partial charge in [-0.2, -0.15) is 0 Å². The molecule has 2 saturated heterocycles. The Labute approximate surface area is 136 Å². The summed E-state index contributed by atoms with van der Waals surface area (Å²) in [6, 6.07) is 0.0408. The summed E-state index contributed by atoms with van der Waals surface area (Å²) in [5, 5.41) is 0. The van der Waals surface area contributed by atoms with Gasteiger partial charge in [-0.15, -0.1) is 0 Å². The van der Waals surface area contributed by atoms with Crippen molar-refractivity contribution in [2.45, 2.75) is 53.0 Å². The van der Waals surface area contributed by atoms with E-state index in [0.717, 1.165) is 32.7 Å². The van der Waals surface area contributed by atoms with Gasteiger partial charge in [-0.1, -0.05) is 20.8 Å². The lowest BCUT2D eigenvalue weighted by atomic mass is 9.91. The molecule has 2 aliphatic rings. The number of rotatable bonds is 4. The summed E-state index contributed by atoms with van der Waals surface area (Å²) in [5.74, 6) is 1.63. The molecule has 0 spiro atoms. The lowest BCUT2D eigenvalue weighted by Crippen LogP contribution is -2.52. The van der Waals surface area contributed by atoms with Gasteiger partial charge in [0, 0.05) is 32.7 Å². The van der Waals surface area contributed by atoms with Gasteiger partial charge in [-0.3, -0.25) is 9.69 Å². The fourth-order valence-electron chi connectivity index (χ4n) is 4.18. The van der Waals surface area contributed by atoms with E-state index in [9.17, 15) is 4.79 Å². The quantitative estimate of drug-likeness (QED) is 0.797. The highest BCUT2D eigenvalue weighted by Gasteiger charge is 2.31. The van der Waals surface area contributed by atoms with Crippen LogP contribution in [-0.2, 0) is 4.79 Å². The van der Waals surface area contributed by atoms with E-state index in [1.165, 1.54) is 32.4 Å². The fourth-order valence-corrected chi connectivity index (χ4v) is 4.18. The van der Waals surface area contributed by atoms with Crippen LogP contribution in [0.3, 0.4) is 0 Å². The van der Waals surface area contributed by atoms with Crippen molar-refractivity contribution in [3.8, 4) is 0 Å². The van der Waals surface area contributed by atoms with Crippen molar-refractivity contribution in [1.82, 2.24) is 14.7 Å². The molecule has 22 heavy (non-hydrogen) atoms. The molecule has 2 heterocycles. The molecular formula is C18H35N3O. The Morgan fingerprint density at radius 3 is 2.41 bits per heavy atom. The average Bonchev–Trinajstić information content (AvgIpc) is 2.71. The highest BCUT2D eigenvalue weighted by molar-refractivity contribution is 5.81. The molecule has 0 aromatic rings. The molecular weight excluding hydrogens is 274 g/mol. The molecule has 128 valence electrons. The largest absolute Gasteiger partial charge is 0.341 e. The minimum Gasteiger partial charge on any atom is -0.341 e. The minimum absolute atomic E-state index is 0.0408. The third kappa shape index (κ3) is 4.69. The molecule has 1 amide bonds. The van der Waals surface area contributed by atoms with Crippen LogP contribution < -0.4 is 0 Å². The summed E-state index contributed by atoms with van der Waals surface area (Å²) in [4.78, 5) is 20.0. The SMILES string of the molecule is CCCN1CCCN([C@H](C)C(=O)N2C[C@H](C)C[C@H](C)C2)CC1. The molecule has 0 saturated carbocycles. The molecule has 0 radical (unpaired) electrons. The molecule has 0 aromatic carbocycles. The summed E-state index contributed by atoms with van der Waals surface area (Å²) in [7, 11) is 0. The van der Waals surface area contributed by atoms with Crippen molar-refractivity contribution in [3.63, 3.8) is 0 Å². The van der Waals surface area contributed by atoms with E-state index < -0.39 is 0 Å². The summed E-state index contributed by atoms with van der Waals surface area (Å²) < 4.78 is 0. The van der Waals surface area contributed by atoms with Crippen LogP contribution in [0.4, 0.5) is 0 Å². The van der Waals surface area contributed by atoms with Crippen molar-refractivity contribution in [1.29, 1.82) is 0 Å². The van der Waals surface area contributed by atoms with E-state index in [1.54, 1.807) is 0 Å². The van der Waals surface area contributed by atoms with E-state index in [1.807, 2.05) is 0 Å². The topological polar surface area (TPSA) is 26.8 Å². The Bertz CT molecular complexity index is 350. The van der Waals surface area contributed by atoms with Gasteiger partial charge in [0.25, 0.3) is 0 Å². The number of hydrogen-bond acceptors (Lipinski definition) is 3. The number of likely N-dealkylation sites (tertiary alicyclic amines) is 1. The van der Waals surface area contributed by atoms with Crippen LogP contribution in [0.1, 0.15) is 47.0 Å². The summed E-state index contributed by atoms with van der Waals surface area (Å²) in [5.41, 5.74) is 0. The molecule has 0 unspecified atom stereocenters. The normalized spacial score (nSPS) is 30.1. The van der Waals surface area contributed by atoms with Crippen molar-refractivity contribution in [2.75, 3.05) is 45.8 Å².